The minimum atomic E-state index is -0.0335. The first kappa shape index (κ1) is 16.9. The average molecular weight is 310 g/mol. The Hall–Kier alpha value is -1.47. The van der Waals surface area contributed by atoms with Crippen LogP contribution in [0, 0.1) is 0 Å². The Morgan fingerprint density at radius 1 is 1.45 bits per heavy atom. The third kappa shape index (κ3) is 4.04. The summed E-state index contributed by atoms with van der Waals surface area (Å²) in [5, 5.41) is 5.43. The Kier molecular flexibility index (Phi) is 5.90. The van der Waals surface area contributed by atoms with Crippen LogP contribution in [0.25, 0.3) is 0 Å². The van der Waals surface area contributed by atoms with Gasteiger partial charge in [0, 0.05) is 52.7 Å². The molecule has 1 atom stereocenters. The van der Waals surface area contributed by atoms with E-state index in [0.717, 1.165) is 32.5 Å². The van der Waals surface area contributed by atoms with Gasteiger partial charge in [-0.05, 0) is 19.9 Å². The highest BCUT2D eigenvalue weighted by Crippen LogP contribution is 2.20. The van der Waals surface area contributed by atoms with Crippen LogP contribution >= 0.6 is 0 Å². The van der Waals surface area contributed by atoms with Crippen molar-refractivity contribution in [2.75, 3.05) is 47.4 Å². The number of hydrazone groups is 1. The number of carbonyl (C=O) groups excluding carboxylic acids is 2. The molecule has 22 heavy (non-hydrogen) atoms. The first-order valence-corrected chi connectivity index (χ1v) is 7.85. The number of methoxy groups -OCH3 is 1. The van der Waals surface area contributed by atoms with E-state index in [4.69, 9.17) is 4.74 Å². The fourth-order valence-corrected chi connectivity index (χ4v) is 2.98. The number of rotatable bonds is 6. The Balaban J connectivity index is 1.96. The van der Waals surface area contributed by atoms with Crippen molar-refractivity contribution < 1.29 is 14.3 Å². The molecule has 0 saturated carbocycles. The molecule has 0 radical (unpaired) electrons. The van der Waals surface area contributed by atoms with E-state index in [9.17, 15) is 9.59 Å². The number of likely N-dealkylation sites (tertiary alicyclic amines) is 1. The molecule has 0 aromatic heterocycles. The summed E-state index contributed by atoms with van der Waals surface area (Å²) in [4.78, 5) is 28.3. The molecule has 0 aromatic carbocycles. The van der Waals surface area contributed by atoms with Gasteiger partial charge in [0.05, 0.1) is 6.61 Å². The molecule has 0 aromatic rings. The fourth-order valence-electron chi connectivity index (χ4n) is 2.98. The maximum absolute atomic E-state index is 12.7. The topological polar surface area (TPSA) is 65.5 Å². The predicted molar refractivity (Wildman–Crippen MR) is 83.5 cm³/mol. The van der Waals surface area contributed by atoms with Crippen molar-refractivity contribution in [1.82, 2.24) is 14.8 Å². The molecule has 1 saturated heterocycles. The zero-order chi connectivity index (χ0) is 16.1. The van der Waals surface area contributed by atoms with Gasteiger partial charge in [0.1, 0.15) is 5.71 Å². The van der Waals surface area contributed by atoms with Gasteiger partial charge in [-0.3, -0.25) is 9.59 Å². The highest BCUT2D eigenvalue weighted by atomic mass is 16.5. The van der Waals surface area contributed by atoms with Gasteiger partial charge >= 0.3 is 0 Å². The van der Waals surface area contributed by atoms with Crippen molar-refractivity contribution in [1.29, 1.82) is 0 Å². The molecule has 2 aliphatic rings. The van der Waals surface area contributed by atoms with Crippen molar-refractivity contribution in [3.05, 3.63) is 0 Å². The first-order chi connectivity index (χ1) is 10.5. The average Bonchev–Trinajstić information content (AvgIpc) is 2.95. The van der Waals surface area contributed by atoms with Crippen molar-refractivity contribution in [3.63, 3.8) is 0 Å². The van der Waals surface area contributed by atoms with E-state index in [1.54, 1.807) is 14.2 Å². The summed E-state index contributed by atoms with van der Waals surface area (Å²) in [6.45, 7) is 3.17. The largest absolute Gasteiger partial charge is 0.383 e. The lowest BCUT2D eigenvalue weighted by Crippen LogP contribution is -2.46. The van der Waals surface area contributed by atoms with E-state index in [2.05, 4.69) is 10.0 Å². The van der Waals surface area contributed by atoms with E-state index >= 15 is 0 Å². The Labute approximate surface area is 131 Å². The summed E-state index contributed by atoms with van der Waals surface area (Å²) in [5.74, 6) is -0.0455. The first-order valence-electron chi connectivity index (χ1n) is 7.85. The molecule has 0 bridgehead atoms. The zero-order valence-corrected chi connectivity index (χ0v) is 13.7. The Bertz CT molecular complexity index is 452. The normalized spacial score (nSPS) is 22.5. The molecule has 1 fully saturated rings. The second-order valence-electron chi connectivity index (χ2n) is 6.01. The fraction of sp³-hybridized carbons (Fsp3) is 0.800. The second-order valence-corrected chi connectivity index (χ2v) is 6.01. The number of carbonyl (C=O) groups is 2. The van der Waals surface area contributed by atoms with Crippen LogP contribution in [-0.4, -0.2) is 85.8 Å². The van der Waals surface area contributed by atoms with Crippen molar-refractivity contribution >= 4 is 17.5 Å². The number of nitrogens with zero attached hydrogens (tertiary/aromatic N) is 4. The summed E-state index contributed by atoms with van der Waals surface area (Å²) < 4.78 is 5.09. The van der Waals surface area contributed by atoms with E-state index < -0.39 is 0 Å². The molecule has 7 nitrogen and oxygen atoms in total. The van der Waals surface area contributed by atoms with Crippen molar-refractivity contribution in [2.24, 2.45) is 5.10 Å². The lowest BCUT2D eigenvalue weighted by atomic mass is 10.1. The molecule has 0 unspecified atom stereocenters. The molecule has 7 heteroatoms. The van der Waals surface area contributed by atoms with Gasteiger partial charge in [0.15, 0.2) is 0 Å². The molecular weight excluding hydrogens is 284 g/mol. The van der Waals surface area contributed by atoms with E-state index in [0.29, 0.717) is 25.2 Å². The van der Waals surface area contributed by atoms with Crippen LogP contribution in [0.4, 0.5) is 0 Å². The smallest absolute Gasteiger partial charge is 0.270 e. The maximum atomic E-state index is 12.7. The Morgan fingerprint density at radius 3 is 2.91 bits per heavy atom. The summed E-state index contributed by atoms with van der Waals surface area (Å²) in [6.07, 6.45) is 2.86. The van der Waals surface area contributed by atoms with Crippen LogP contribution in [0.3, 0.4) is 0 Å². The van der Waals surface area contributed by atoms with Crippen LogP contribution in [0.15, 0.2) is 5.10 Å². The molecule has 0 spiro atoms. The van der Waals surface area contributed by atoms with Gasteiger partial charge in [-0.1, -0.05) is 0 Å². The summed E-state index contributed by atoms with van der Waals surface area (Å²) in [5.41, 5.74) is 0.508. The molecule has 0 N–H and O–H groups in total. The summed E-state index contributed by atoms with van der Waals surface area (Å²) in [7, 11) is 5.34. The minimum Gasteiger partial charge on any atom is -0.383 e. The number of hydrogen-bond donors (Lipinski definition) is 0. The van der Waals surface area contributed by atoms with Crippen LogP contribution in [0.2, 0.25) is 0 Å². The molecule has 0 aliphatic carbocycles. The molecule has 2 amide bonds. The molecule has 2 heterocycles. The maximum Gasteiger partial charge on any atom is 0.270 e. The number of amides is 2. The third-order valence-corrected chi connectivity index (χ3v) is 4.29. The van der Waals surface area contributed by atoms with Crippen LogP contribution in [-0.2, 0) is 14.3 Å². The SMILES string of the molecule is COCCN(C)C[C@@H]1CCCN1C(=O)C1=NN(C)C(=O)CC1. The van der Waals surface area contributed by atoms with Crippen molar-refractivity contribution in [2.45, 2.75) is 31.7 Å². The van der Waals surface area contributed by atoms with Gasteiger partial charge < -0.3 is 14.5 Å². The van der Waals surface area contributed by atoms with Gasteiger partial charge in [-0.2, -0.15) is 5.10 Å². The molecular formula is C15H26N4O3. The predicted octanol–water partition coefficient (Wildman–Crippen LogP) is 0.164. The quantitative estimate of drug-likeness (QED) is 0.701. The van der Waals surface area contributed by atoms with Crippen LogP contribution < -0.4 is 0 Å². The monoisotopic (exact) mass is 310 g/mol. The molecule has 124 valence electrons. The van der Waals surface area contributed by atoms with E-state index in [-0.39, 0.29) is 17.9 Å². The molecule has 2 rings (SSSR count). The van der Waals surface area contributed by atoms with Gasteiger partial charge in [-0.15, -0.1) is 0 Å². The summed E-state index contributed by atoms with van der Waals surface area (Å²) in [6, 6.07) is 0.222. The van der Waals surface area contributed by atoms with Crippen molar-refractivity contribution in [3.8, 4) is 0 Å². The highest BCUT2D eigenvalue weighted by molar-refractivity contribution is 6.39. The van der Waals surface area contributed by atoms with Crippen LogP contribution in [0.1, 0.15) is 25.7 Å². The lowest BCUT2D eigenvalue weighted by Gasteiger charge is -2.30. The highest BCUT2D eigenvalue weighted by Gasteiger charge is 2.33. The lowest BCUT2D eigenvalue weighted by molar-refractivity contribution is -0.130. The standard InChI is InChI=1S/C15H26N4O3/c1-17(9-10-22-3)11-12-5-4-8-19(12)15(21)13-6-7-14(20)18(2)16-13/h12H,4-11H2,1-3H3/t12-/m0/s1. The second kappa shape index (κ2) is 7.69. The van der Waals surface area contributed by atoms with Gasteiger partial charge in [0.25, 0.3) is 5.91 Å². The summed E-state index contributed by atoms with van der Waals surface area (Å²) >= 11 is 0. The number of likely N-dealkylation sites (N-methyl/N-ethyl adjacent to an activating group) is 1. The zero-order valence-electron chi connectivity index (χ0n) is 13.7. The number of ether oxygens (including phenoxy) is 1. The molecule has 2 aliphatic heterocycles. The van der Waals surface area contributed by atoms with Gasteiger partial charge in [-0.25, -0.2) is 5.01 Å². The third-order valence-electron chi connectivity index (χ3n) is 4.29. The van der Waals surface area contributed by atoms with E-state index in [1.165, 1.54) is 5.01 Å². The Morgan fingerprint density at radius 2 is 2.23 bits per heavy atom. The van der Waals surface area contributed by atoms with E-state index in [1.807, 2.05) is 11.9 Å². The number of hydrogen-bond acceptors (Lipinski definition) is 5. The minimum absolute atomic E-state index is 0.0120. The van der Waals surface area contributed by atoms with Crippen LogP contribution in [0.5, 0.6) is 0 Å². The van der Waals surface area contributed by atoms with Gasteiger partial charge in [0.2, 0.25) is 5.91 Å².